The van der Waals surface area contributed by atoms with E-state index in [9.17, 15) is 0 Å². The van der Waals surface area contributed by atoms with Crippen molar-refractivity contribution in [3.8, 4) is 0 Å². The summed E-state index contributed by atoms with van der Waals surface area (Å²) in [6, 6.07) is 10.6. The lowest BCUT2D eigenvalue weighted by Gasteiger charge is -2.17. The Balaban J connectivity index is 2.26. The maximum Gasteiger partial charge on any atom is 0.00583 e. The monoisotopic (exact) mass is 196 g/mol. The second kappa shape index (κ2) is 4.79. The molecule has 1 aromatic rings. The second-order valence-electron chi connectivity index (χ2n) is 3.77. The summed E-state index contributed by atoms with van der Waals surface area (Å²) in [5, 5.41) is 0. The first-order valence-electron chi connectivity index (χ1n) is 5.47. The van der Waals surface area contributed by atoms with Gasteiger partial charge in [-0.3, -0.25) is 0 Å². The molecule has 0 nitrogen and oxygen atoms in total. The van der Waals surface area contributed by atoms with E-state index in [1.807, 2.05) is 0 Å². The molecule has 0 radical (unpaired) electrons. The van der Waals surface area contributed by atoms with Gasteiger partial charge in [0.05, 0.1) is 0 Å². The first kappa shape index (κ1) is 9.97. The summed E-state index contributed by atoms with van der Waals surface area (Å²) in [7, 11) is 0. The van der Waals surface area contributed by atoms with Crippen molar-refractivity contribution >= 4 is 5.57 Å². The zero-order chi connectivity index (χ0) is 10.5. The number of allylic oxidation sites excluding steroid dienone is 6. The molecule has 0 saturated carbocycles. The highest BCUT2D eigenvalue weighted by Gasteiger charge is 2.11. The molecule has 1 atom stereocenters. The van der Waals surface area contributed by atoms with Crippen molar-refractivity contribution in [2.45, 2.75) is 13.3 Å². The Morgan fingerprint density at radius 1 is 1.20 bits per heavy atom. The third-order valence-electron chi connectivity index (χ3n) is 2.80. The molecule has 76 valence electrons. The predicted molar refractivity (Wildman–Crippen MR) is 66.5 cm³/mol. The standard InChI is InChI=1S/C15H16/c1-2-15(13-9-5-3-6-10-13)14-11-7-4-8-12-14/h2-11,14H,12H2,1H3/b15-2-. The van der Waals surface area contributed by atoms with Crippen molar-refractivity contribution < 1.29 is 0 Å². The van der Waals surface area contributed by atoms with Gasteiger partial charge >= 0.3 is 0 Å². The van der Waals surface area contributed by atoms with Gasteiger partial charge in [0.1, 0.15) is 0 Å². The fraction of sp³-hybridized carbons (Fsp3) is 0.200. The lowest BCUT2D eigenvalue weighted by Crippen LogP contribution is -2.01. The average molecular weight is 196 g/mol. The number of rotatable bonds is 2. The predicted octanol–water partition coefficient (Wildman–Crippen LogP) is 4.22. The fourth-order valence-corrected chi connectivity index (χ4v) is 2.04. The van der Waals surface area contributed by atoms with Crippen LogP contribution < -0.4 is 0 Å². The maximum absolute atomic E-state index is 2.28. The molecule has 1 aromatic carbocycles. The minimum Gasteiger partial charge on any atom is -0.0836 e. The van der Waals surface area contributed by atoms with E-state index in [2.05, 4.69) is 67.6 Å². The summed E-state index contributed by atoms with van der Waals surface area (Å²) < 4.78 is 0. The van der Waals surface area contributed by atoms with Gasteiger partial charge < -0.3 is 0 Å². The maximum atomic E-state index is 2.28. The second-order valence-corrected chi connectivity index (χ2v) is 3.77. The minimum absolute atomic E-state index is 0.544. The molecule has 0 spiro atoms. The smallest absolute Gasteiger partial charge is 0.00583 e. The molecule has 1 aliphatic rings. The normalized spacial score (nSPS) is 20.6. The van der Waals surface area contributed by atoms with Crippen LogP contribution >= 0.6 is 0 Å². The highest BCUT2D eigenvalue weighted by atomic mass is 14.2. The van der Waals surface area contributed by atoms with Crippen molar-refractivity contribution in [2.75, 3.05) is 0 Å². The van der Waals surface area contributed by atoms with Crippen LogP contribution in [0.3, 0.4) is 0 Å². The van der Waals surface area contributed by atoms with E-state index in [-0.39, 0.29) is 0 Å². The molecular formula is C15H16. The molecule has 15 heavy (non-hydrogen) atoms. The van der Waals surface area contributed by atoms with E-state index >= 15 is 0 Å². The van der Waals surface area contributed by atoms with Crippen molar-refractivity contribution in [3.63, 3.8) is 0 Å². The SMILES string of the molecule is C/C=C(/c1ccccc1)C1C=CC=CC1. The number of hydrogen-bond acceptors (Lipinski definition) is 0. The summed E-state index contributed by atoms with van der Waals surface area (Å²) in [5.41, 5.74) is 2.76. The topological polar surface area (TPSA) is 0 Å². The van der Waals surface area contributed by atoms with Crippen LogP contribution in [-0.2, 0) is 0 Å². The molecular weight excluding hydrogens is 180 g/mol. The highest BCUT2D eigenvalue weighted by Crippen LogP contribution is 2.29. The highest BCUT2D eigenvalue weighted by molar-refractivity contribution is 5.69. The van der Waals surface area contributed by atoms with Gasteiger partial charge in [-0.1, -0.05) is 60.7 Å². The third-order valence-corrected chi connectivity index (χ3v) is 2.80. The van der Waals surface area contributed by atoms with E-state index in [1.165, 1.54) is 11.1 Å². The molecule has 0 amide bonds. The van der Waals surface area contributed by atoms with Crippen molar-refractivity contribution in [1.82, 2.24) is 0 Å². The van der Waals surface area contributed by atoms with Gasteiger partial charge in [-0.05, 0) is 24.5 Å². The molecule has 0 N–H and O–H groups in total. The summed E-state index contributed by atoms with van der Waals surface area (Å²) in [6.45, 7) is 2.12. The summed E-state index contributed by atoms with van der Waals surface area (Å²) in [6.07, 6.45) is 12.1. The zero-order valence-electron chi connectivity index (χ0n) is 9.06. The number of benzene rings is 1. The first-order chi connectivity index (χ1) is 7.42. The van der Waals surface area contributed by atoms with E-state index in [1.54, 1.807) is 0 Å². The van der Waals surface area contributed by atoms with Crippen LogP contribution in [0.25, 0.3) is 5.57 Å². The van der Waals surface area contributed by atoms with Gasteiger partial charge in [-0.15, -0.1) is 0 Å². The Labute approximate surface area is 91.6 Å². The molecule has 0 heterocycles. The molecule has 0 heteroatoms. The fourth-order valence-electron chi connectivity index (χ4n) is 2.04. The molecule has 1 aliphatic carbocycles. The first-order valence-corrected chi connectivity index (χ1v) is 5.47. The largest absolute Gasteiger partial charge is 0.0836 e. The molecule has 0 saturated heterocycles. The zero-order valence-corrected chi connectivity index (χ0v) is 9.06. The van der Waals surface area contributed by atoms with E-state index < -0.39 is 0 Å². The van der Waals surface area contributed by atoms with Crippen LogP contribution in [0.2, 0.25) is 0 Å². The Kier molecular flexibility index (Phi) is 3.18. The van der Waals surface area contributed by atoms with E-state index in [0.29, 0.717) is 5.92 Å². The van der Waals surface area contributed by atoms with Crippen LogP contribution in [0.4, 0.5) is 0 Å². The Morgan fingerprint density at radius 2 is 2.00 bits per heavy atom. The summed E-state index contributed by atoms with van der Waals surface area (Å²) >= 11 is 0. The lowest BCUT2D eigenvalue weighted by atomic mass is 9.87. The van der Waals surface area contributed by atoms with Crippen molar-refractivity contribution in [1.29, 1.82) is 0 Å². The lowest BCUT2D eigenvalue weighted by molar-refractivity contribution is 0.842. The van der Waals surface area contributed by atoms with Crippen LogP contribution in [0.1, 0.15) is 18.9 Å². The van der Waals surface area contributed by atoms with Crippen molar-refractivity contribution in [2.24, 2.45) is 5.92 Å². The van der Waals surface area contributed by atoms with Crippen LogP contribution in [0.15, 0.2) is 60.7 Å². The van der Waals surface area contributed by atoms with Gasteiger partial charge in [0.15, 0.2) is 0 Å². The molecule has 2 rings (SSSR count). The molecule has 1 unspecified atom stereocenters. The Hall–Kier alpha value is -1.56. The van der Waals surface area contributed by atoms with Crippen LogP contribution in [0.5, 0.6) is 0 Å². The third kappa shape index (κ3) is 2.27. The minimum atomic E-state index is 0.544. The summed E-state index contributed by atoms with van der Waals surface area (Å²) in [5.74, 6) is 0.544. The number of hydrogen-bond donors (Lipinski definition) is 0. The summed E-state index contributed by atoms with van der Waals surface area (Å²) in [4.78, 5) is 0. The van der Waals surface area contributed by atoms with Crippen LogP contribution in [-0.4, -0.2) is 0 Å². The molecule has 0 aliphatic heterocycles. The van der Waals surface area contributed by atoms with Gasteiger partial charge in [-0.2, -0.15) is 0 Å². The molecule has 0 aromatic heterocycles. The molecule has 0 bridgehead atoms. The quantitative estimate of drug-likeness (QED) is 0.664. The Bertz CT molecular complexity index is 393. The van der Waals surface area contributed by atoms with Gasteiger partial charge in [-0.25, -0.2) is 0 Å². The van der Waals surface area contributed by atoms with Crippen LogP contribution in [0, 0.1) is 5.92 Å². The van der Waals surface area contributed by atoms with Gasteiger partial charge in [0, 0.05) is 5.92 Å². The van der Waals surface area contributed by atoms with Crippen molar-refractivity contribution in [3.05, 3.63) is 66.3 Å². The van der Waals surface area contributed by atoms with Gasteiger partial charge in [0.2, 0.25) is 0 Å². The van der Waals surface area contributed by atoms with E-state index in [4.69, 9.17) is 0 Å². The Morgan fingerprint density at radius 3 is 2.60 bits per heavy atom. The molecule has 0 fully saturated rings. The van der Waals surface area contributed by atoms with E-state index in [0.717, 1.165) is 6.42 Å². The average Bonchev–Trinajstić information content (AvgIpc) is 2.33. The van der Waals surface area contributed by atoms with Gasteiger partial charge in [0.25, 0.3) is 0 Å².